The summed E-state index contributed by atoms with van der Waals surface area (Å²) in [5.41, 5.74) is 0.792. The molecule has 0 radical (unpaired) electrons. The number of urea groups is 1. The lowest BCUT2D eigenvalue weighted by Gasteiger charge is -2.38. The van der Waals surface area contributed by atoms with E-state index < -0.39 is 0 Å². The van der Waals surface area contributed by atoms with Crippen molar-refractivity contribution in [2.24, 2.45) is 0 Å². The number of nitrogens with zero attached hydrogens (tertiary/aromatic N) is 3. The molecule has 12 heteroatoms. The van der Waals surface area contributed by atoms with Crippen molar-refractivity contribution in [2.75, 3.05) is 31.6 Å². The number of aliphatic hydroxyl groups is 1. The van der Waals surface area contributed by atoms with E-state index in [9.17, 15) is 9.18 Å². The van der Waals surface area contributed by atoms with E-state index in [1.807, 2.05) is 35.8 Å². The van der Waals surface area contributed by atoms with Gasteiger partial charge in [-0.25, -0.2) is 24.1 Å². The summed E-state index contributed by atoms with van der Waals surface area (Å²) in [6.45, 7) is 3.57. The van der Waals surface area contributed by atoms with E-state index in [0.29, 0.717) is 35.5 Å². The number of likely N-dealkylation sites (tertiary alicyclic amines) is 1. The number of aliphatic hydroxyl groups excluding tert-OH is 1. The summed E-state index contributed by atoms with van der Waals surface area (Å²) in [5, 5.41) is 18.6. The molecular formula is C28H30FN6O3S2+. The van der Waals surface area contributed by atoms with Crippen LogP contribution < -0.4 is 20.4 Å². The molecule has 4 N–H and O–H groups in total. The van der Waals surface area contributed by atoms with Crippen molar-refractivity contribution in [2.45, 2.75) is 35.1 Å². The highest BCUT2D eigenvalue weighted by Gasteiger charge is 2.35. The maximum absolute atomic E-state index is 13.5. The molecule has 3 aromatic heterocycles. The Hall–Kier alpha value is -3.74. The molecule has 1 fully saturated rings. The summed E-state index contributed by atoms with van der Waals surface area (Å²) in [4.78, 5) is 27.6. The predicted molar refractivity (Wildman–Crippen MR) is 152 cm³/mol. The molecule has 1 aliphatic rings. The summed E-state index contributed by atoms with van der Waals surface area (Å²) >= 11 is 3.00. The Balaban J connectivity index is 1.32. The van der Waals surface area contributed by atoms with Gasteiger partial charge < -0.3 is 25.4 Å². The molecule has 0 saturated carbocycles. The van der Waals surface area contributed by atoms with Crippen LogP contribution in [0.3, 0.4) is 0 Å². The lowest BCUT2D eigenvalue weighted by atomic mass is 9.78. The molecule has 0 unspecified atom stereocenters. The molecule has 4 aromatic rings. The highest BCUT2D eigenvalue weighted by atomic mass is 32.2. The molecule has 4 heterocycles. The maximum atomic E-state index is 13.5. The molecule has 5 rings (SSSR count). The molecule has 0 spiro atoms. The summed E-state index contributed by atoms with van der Waals surface area (Å²) in [7, 11) is 0. The van der Waals surface area contributed by atoms with Crippen LogP contribution in [0.15, 0.2) is 76.2 Å². The first-order valence-electron chi connectivity index (χ1n) is 12.9. The number of nitrogens with one attached hydrogen (secondary N) is 3. The number of pyridine rings is 2. The van der Waals surface area contributed by atoms with Gasteiger partial charge in [-0.2, -0.15) is 0 Å². The number of aromatic amines is 1. The number of amides is 2. The van der Waals surface area contributed by atoms with Crippen molar-refractivity contribution in [3.8, 4) is 11.5 Å². The standard InChI is InChI=1S/C28H29FN6O3S2/c1-28(9-13-35(14-10-28)27(37)31-12-15-36)23-18-39-26(33-23)34-25-22(38-20-7-5-19(29)6-8-20)16-21(17-32-25)40-24-4-2-3-11-30-24/h2-8,11,16-18,36H,9-10,12-15H2,1H3,(H,31,37)(H,32,33,34)/p+1. The van der Waals surface area contributed by atoms with Crippen LogP contribution in [0.2, 0.25) is 0 Å². The van der Waals surface area contributed by atoms with Gasteiger partial charge in [0.25, 0.3) is 0 Å². The zero-order valence-corrected chi connectivity index (χ0v) is 23.5. The number of halogens is 1. The predicted octanol–water partition coefficient (Wildman–Crippen LogP) is 5.23. The van der Waals surface area contributed by atoms with E-state index in [-0.39, 0.29) is 30.4 Å². The van der Waals surface area contributed by atoms with Crippen molar-refractivity contribution >= 4 is 40.1 Å². The van der Waals surface area contributed by atoms with Gasteiger partial charge >= 0.3 is 6.03 Å². The third kappa shape index (κ3) is 6.87. The van der Waals surface area contributed by atoms with Crippen LogP contribution >= 0.6 is 23.1 Å². The Bertz CT molecular complexity index is 1430. The number of hydrogen-bond acceptors (Lipinski definition) is 8. The number of carbonyl (C=O) groups is 1. The van der Waals surface area contributed by atoms with Crippen LogP contribution in [0, 0.1) is 5.82 Å². The lowest BCUT2D eigenvalue weighted by molar-refractivity contribution is -0.426. The fourth-order valence-corrected chi connectivity index (χ4v) is 5.96. The monoisotopic (exact) mass is 581 g/mol. The number of thiazole rings is 1. The van der Waals surface area contributed by atoms with E-state index in [0.717, 1.165) is 28.5 Å². The number of ether oxygens (including phenoxy) is 1. The molecule has 0 aliphatic carbocycles. The Kier molecular flexibility index (Phi) is 8.78. The Morgan fingerprint density at radius 3 is 2.77 bits per heavy atom. The minimum Gasteiger partial charge on any atom is -0.453 e. The molecule has 2 amide bonds. The molecule has 1 aliphatic heterocycles. The van der Waals surface area contributed by atoms with Crippen molar-refractivity contribution in [1.82, 2.24) is 20.2 Å². The van der Waals surface area contributed by atoms with Crippen LogP contribution in [0.1, 0.15) is 25.5 Å². The molecule has 40 heavy (non-hydrogen) atoms. The number of aromatic nitrogens is 3. The van der Waals surface area contributed by atoms with Crippen molar-refractivity contribution < 1.29 is 24.0 Å². The summed E-state index contributed by atoms with van der Waals surface area (Å²) in [6, 6.07) is 13.4. The number of piperidine rings is 1. The highest BCUT2D eigenvalue weighted by molar-refractivity contribution is 7.99. The lowest BCUT2D eigenvalue weighted by Crippen LogP contribution is -2.48. The molecule has 208 valence electrons. The summed E-state index contributed by atoms with van der Waals surface area (Å²) in [6.07, 6.45) is 5.18. The van der Waals surface area contributed by atoms with E-state index in [4.69, 9.17) is 14.8 Å². The number of anilines is 2. The number of benzene rings is 1. The SMILES string of the molecule is CC1(c2csc(Nc3ncc(Sc4cccc[nH+]4)cc3Oc3ccc(F)cc3)n2)CCN(C(=O)NCCO)CC1. The molecular weight excluding hydrogens is 551 g/mol. The van der Waals surface area contributed by atoms with Crippen molar-refractivity contribution in [1.29, 1.82) is 0 Å². The molecule has 9 nitrogen and oxygen atoms in total. The van der Waals surface area contributed by atoms with Gasteiger partial charge in [-0.15, -0.1) is 11.3 Å². The Labute approximate surface area is 239 Å². The normalized spacial score (nSPS) is 14.5. The van der Waals surface area contributed by atoms with E-state index in [2.05, 4.69) is 27.5 Å². The Morgan fingerprint density at radius 1 is 1.25 bits per heavy atom. The minimum absolute atomic E-state index is 0.0788. The van der Waals surface area contributed by atoms with Gasteiger partial charge in [-0.3, -0.25) is 0 Å². The van der Waals surface area contributed by atoms with Crippen LogP contribution in [-0.4, -0.2) is 52.2 Å². The number of H-pyrrole nitrogens is 1. The van der Waals surface area contributed by atoms with Gasteiger partial charge in [0, 0.05) is 59.7 Å². The number of carbonyl (C=O) groups excluding carboxylic acids is 1. The molecule has 0 atom stereocenters. The van der Waals surface area contributed by atoms with Gasteiger partial charge in [0.2, 0.25) is 5.03 Å². The van der Waals surface area contributed by atoms with Gasteiger partial charge in [-0.1, -0.05) is 6.92 Å². The smallest absolute Gasteiger partial charge is 0.317 e. The van der Waals surface area contributed by atoms with E-state index >= 15 is 0 Å². The molecule has 1 aromatic carbocycles. The second-order valence-electron chi connectivity index (χ2n) is 9.57. The van der Waals surface area contributed by atoms with Crippen LogP contribution in [0.25, 0.3) is 0 Å². The second-order valence-corrected chi connectivity index (χ2v) is 11.5. The average Bonchev–Trinajstić information content (AvgIpc) is 3.45. The highest BCUT2D eigenvalue weighted by Crippen LogP contribution is 2.39. The van der Waals surface area contributed by atoms with Crippen LogP contribution in [0.4, 0.5) is 20.1 Å². The first-order valence-corrected chi connectivity index (χ1v) is 14.6. The zero-order valence-electron chi connectivity index (χ0n) is 21.9. The quantitative estimate of drug-likeness (QED) is 0.248. The average molecular weight is 582 g/mol. The zero-order chi connectivity index (χ0) is 28.0. The van der Waals surface area contributed by atoms with Gasteiger partial charge in [0.15, 0.2) is 22.9 Å². The molecule has 0 bridgehead atoms. The third-order valence-corrected chi connectivity index (χ3v) is 8.36. The van der Waals surface area contributed by atoms with Gasteiger partial charge in [0.05, 0.1) is 12.3 Å². The van der Waals surface area contributed by atoms with Crippen molar-refractivity contribution in [3.05, 3.63) is 77.8 Å². The fraction of sp³-hybridized carbons (Fsp3) is 0.286. The first kappa shape index (κ1) is 27.8. The number of hydrogen-bond donors (Lipinski definition) is 3. The number of rotatable bonds is 9. The minimum atomic E-state index is -0.340. The first-order chi connectivity index (χ1) is 19.4. The summed E-state index contributed by atoms with van der Waals surface area (Å²) in [5.74, 6) is 1.12. The molecule has 1 saturated heterocycles. The largest absolute Gasteiger partial charge is 0.453 e. The van der Waals surface area contributed by atoms with Crippen LogP contribution in [0.5, 0.6) is 11.5 Å². The van der Waals surface area contributed by atoms with Gasteiger partial charge in [-0.05, 0) is 54.9 Å². The third-order valence-electron chi connectivity index (χ3n) is 6.67. The second kappa shape index (κ2) is 12.6. The van der Waals surface area contributed by atoms with Crippen molar-refractivity contribution in [3.63, 3.8) is 0 Å². The summed E-state index contributed by atoms with van der Waals surface area (Å²) < 4.78 is 19.6. The topological polar surface area (TPSA) is 114 Å². The maximum Gasteiger partial charge on any atom is 0.317 e. The van der Waals surface area contributed by atoms with Gasteiger partial charge in [0.1, 0.15) is 11.6 Å². The van der Waals surface area contributed by atoms with E-state index in [1.54, 1.807) is 23.2 Å². The van der Waals surface area contributed by atoms with E-state index in [1.165, 1.54) is 35.2 Å². The Morgan fingerprint density at radius 2 is 2.05 bits per heavy atom. The fourth-order valence-electron chi connectivity index (χ4n) is 4.29. The van der Waals surface area contributed by atoms with Crippen LogP contribution in [-0.2, 0) is 5.41 Å².